The van der Waals surface area contributed by atoms with Crippen molar-refractivity contribution in [1.82, 2.24) is 0 Å². The molecule has 0 aliphatic heterocycles. The smallest absolute Gasteiger partial charge is 0.217 e. The average molecular weight is 181 g/mol. The van der Waals surface area contributed by atoms with Crippen molar-refractivity contribution in [3.05, 3.63) is 29.8 Å². The van der Waals surface area contributed by atoms with Crippen LogP contribution in [-0.2, 0) is 11.2 Å². The highest BCUT2D eigenvalue weighted by atomic mass is 32.1. The maximum Gasteiger partial charge on any atom is 0.217 e. The van der Waals surface area contributed by atoms with Crippen molar-refractivity contribution < 1.29 is 4.79 Å². The maximum absolute atomic E-state index is 10.4. The molecule has 0 unspecified atom stereocenters. The molecule has 1 rings (SSSR count). The summed E-state index contributed by atoms with van der Waals surface area (Å²) >= 11 is 4.15. The number of primary amides is 1. The Morgan fingerprint density at radius 3 is 2.42 bits per heavy atom. The Labute approximate surface area is 77.2 Å². The summed E-state index contributed by atoms with van der Waals surface area (Å²) in [5, 5.41) is 0. The molecule has 0 heterocycles. The Bertz CT molecular complexity index is 268. The molecule has 0 fully saturated rings. The highest BCUT2D eigenvalue weighted by Gasteiger charge is 1.96. The lowest BCUT2D eigenvalue weighted by Crippen LogP contribution is -2.11. The lowest BCUT2D eigenvalue weighted by molar-refractivity contribution is -0.117. The zero-order chi connectivity index (χ0) is 8.97. The predicted octanol–water partition coefficient (Wildman–Crippen LogP) is 1.39. The molecule has 0 spiro atoms. The molecular formula is C9H11NOS. The van der Waals surface area contributed by atoms with E-state index in [0.717, 1.165) is 10.5 Å². The normalized spacial score (nSPS) is 9.75. The van der Waals surface area contributed by atoms with E-state index < -0.39 is 0 Å². The van der Waals surface area contributed by atoms with Crippen molar-refractivity contribution in [3.8, 4) is 0 Å². The van der Waals surface area contributed by atoms with Crippen LogP contribution in [0, 0.1) is 0 Å². The third-order valence-corrected chi connectivity index (χ3v) is 1.89. The molecule has 0 saturated heterocycles. The molecule has 3 heteroatoms. The van der Waals surface area contributed by atoms with Crippen LogP contribution in [0.3, 0.4) is 0 Å². The van der Waals surface area contributed by atoms with Gasteiger partial charge in [-0.2, -0.15) is 0 Å². The summed E-state index contributed by atoms with van der Waals surface area (Å²) in [5.41, 5.74) is 6.13. The molecule has 64 valence electrons. The molecule has 0 atom stereocenters. The summed E-state index contributed by atoms with van der Waals surface area (Å²) in [6.07, 6.45) is 1.12. The van der Waals surface area contributed by atoms with Gasteiger partial charge in [-0.15, -0.1) is 12.6 Å². The zero-order valence-electron chi connectivity index (χ0n) is 6.66. The average Bonchev–Trinajstić information content (AvgIpc) is 2.03. The van der Waals surface area contributed by atoms with Gasteiger partial charge >= 0.3 is 0 Å². The molecule has 0 aliphatic rings. The van der Waals surface area contributed by atoms with E-state index in [1.807, 2.05) is 24.3 Å². The Hall–Kier alpha value is -0.960. The SMILES string of the molecule is NC(=O)CCc1ccc(S)cc1. The van der Waals surface area contributed by atoms with Gasteiger partial charge in [0.05, 0.1) is 0 Å². The highest BCUT2D eigenvalue weighted by Crippen LogP contribution is 2.08. The van der Waals surface area contributed by atoms with E-state index in [4.69, 9.17) is 5.73 Å². The second-order valence-corrected chi connectivity index (χ2v) is 3.15. The van der Waals surface area contributed by atoms with Gasteiger partial charge in [-0.1, -0.05) is 12.1 Å². The first kappa shape index (κ1) is 9.13. The predicted molar refractivity (Wildman–Crippen MR) is 51.2 cm³/mol. The van der Waals surface area contributed by atoms with Gasteiger partial charge in [-0.25, -0.2) is 0 Å². The first-order valence-electron chi connectivity index (χ1n) is 3.74. The number of aryl methyl sites for hydroxylation is 1. The standard InChI is InChI=1S/C9H11NOS/c10-9(11)6-3-7-1-4-8(12)5-2-7/h1-2,4-5,12H,3,6H2,(H2,10,11). The fraction of sp³-hybridized carbons (Fsp3) is 0.222. The first-order chi connectivity index (χ1) is 5.68. The van der Waals surface area contributed by atoms with Gasteiger partial charge in [0, 0.05) is 11.3 Å². The summed E-state index contributed by atoms with van der Waals surface area (Å²) in [4.78, 5) is 11.4. The molecule has 1 aromatic carbocycles. The van der Waals surface area contributed by atoms with Crippen molar-refractivity contribution >= 4 is 18.5 Å². The zero-order valence-corrected chi connectivity index (χ0v) is 7.55. The number of rotatable bonds is 3. The molecule has 0 radical (unpaired) electrons. The summed E-state index contributed by atoms with van der Waals surface area (Å²) < 4.78 is 0. The molecule has 1 amide bonds. The van der Waals surface area contributed by atoms with Crippen molar-refractivity contribution in [2.45, 2.75) is 17.7 Å². The summed E-state index contributed by atoms with van der Waals surface area (Å²) in [7, 11) is 0. The van der Waals surface area contributed by atoms with Gasteiger partial charge in [0.2, 0.25) is 5.91 Å². The number of nitrogens with two attached hydrogens (primary N) is 1. The Morgan fingerprint density at radius 2 is 1.92 bits per heavy atom. The van der Waals surface area contributed by atoms with Crippen LogP contribution in [0.1, 0.15) is 12.0 Å². The van der Waals surface area contributed by atoms with E-state index in [1.165, 1.54) is 0 Å². The van der Waals surface area contributed by atoms with Gasteiger partial charge in [0.25, 0.3) is 0 Å². The number of amides is 1. The van der Waals surface area contributed by atoms with Crippen LogP contribution in [0.4, 0.5) is 0 Å². The first-order valence-corrected chi connectivity index (χ1v) is 4.19. The number of benzene rings is 1. The third kappa shape index (κ3) is 2.96. The van der Waals surface area contributed by atoms with E-state index in [2.05, 4.69) is 12.6 Å². The van der Waals surface area contributed by atoms with Crippen LogP contribution in [0.15, 0.2) is 29.2 Å². The molecular weight excluding hydrogens is 170 g/mol. The van der Waals surface area contributed by atoms with Gasteiger partial charge in [-0.3, -0.25) is 4.79 Å². The maximum atomic E-state index is 10.4. The van der Waals surface area contributed by atoms with Gasteiger partial charge in [0.15, 0.2) is 0 Å². The number of hydrogen-bond acceptors (Lipinski definition) is 2. The fourth-order valence-corrected chi connectivity index (χ4v) is 1.08. The minimum atomic E-state index is -0.259. The molecule has 0 saturated carbocycles. The highest BCUT2D eigenvalue weighted by molar-refractivity contribution is 7.80. The van der Waals surface area contributed by atoms with E-state index in [9.17, 15) is 4.79 Å². The summed E-state index contributed by atoms with van der Waals surface area (Å²) in [6, 6.07) is 7.70. The largest absolute Gasteiger partial charge is 0.370 e. The Balaban J connectivity index is 2.53. The van der Waals surface area contributed by atoms with E-state index in [-0.39, 0.29) is 5.91 Å². The van der Waals surface area contributed by atoms with E-state index in [1.54, 1.807) is 0 Å². The molecule has 2 nitrogen and oxygen atoms in total. The molecule has 0 aliphatic carbocycles. The number of carbonyl (C=O) groups is 1. The van der Waals surface area contributed by atoms with Crippen molar-refractivity contribution in [3.63, 3.8) is 0 Å². The third-order valence-electron chi connectivity index (χ3n) is 1.60. The fourth-order valence-electron chi connectivity index (χ4n) is 0.930. The monoisotopic (exact) mass is 181 g/mol. The van der Waals surface area contributed by atoms with E-state index in [0.29, 0.717) is 12.8 Å². The number of carbonyl (C=O) groups excluding carboxylic acids is 1. The molecule has 12 heavy (non-hydrogen) atoms. The lowest BCUT2D eigenvalue weighted by atomic mass is 10.1. The second kappa shape index (κ2) is 4.16. The molecule has 0 aromatic heterocycles. The van der Waals surface area contributed by atoms with Crippen LogP contribution in [-0.4, -0.2) is 5.91 Å². The summed E-state index contributed by atoms with van der Waals surface area (Å²) in [6.45, 7) is 0. The molecule has 1 aromatic rings. The van der Waals surface area contributed by atoms with Crippen molar-refractivity contribution in [1.29, 1.82) is 0 Å². The van der Waals surface area contributed by atoms with Crippen LogP contribution in [0.5, 0.6) is 0 Å². The molecule has 2 N–H and O–H groups in total. The van der Waals surface area contributed by atoms with Gasteiger partial charge < -0.3 is 5.73 Å². The minimum absolute atomic E-state index is 0.259. The number of hydrogen-bond donors (Lipinski definition) is 2. The van der Waals surface area contributed by atoms with Crippen molar-refractivity contribution in [2.75, 3.05) is 0 Å². The quantitative estimate of drug-likeness (QED) is 0.680. The topological polar surface area (TPSA) is 43.1 Å². The van der Waals surface area contributed by atoms with Gasteiger partial charge in [-0.05, 0) is 24.1 Å². The Kier molecular flexibility index (Phi) is 3.17. The van der Waals surface area contributed by atoms with E-state index >= 15 is 0 Å². The van der Waals surface area contributed by atoms with Crippen LogP contribution < -0.4 is 5.73 Å². The Morgan fingerprint density at radius 1 is 1.33 bits per heavy atom. The van der Waals surface area contributed by atoms with Crippen molar-refractivity contribution in [2.24, 2.45) is 5.73 Å². The van der Waals surface area contributed by atoms with Gasteiger partial charge in [0.1, 0.15) is 0 Å². The van der Waals surface area contributed by atoms with Crippen LogP contribution in [0.2, 0.25) is 0 Å². The minimum Gasteiger partial charge on any atom is -0.370 e. The van der Waals surface area contributed by atoms with Crippen LogP contribution >= 0.6 is 12.6 Å². The molecule has 0 bridgehead atoms. The number of thiol groups is 1. The summed E-state index contributed by atoms with van der Waals surface area (Å²) in [5.74, 6) is -0.259. The van der Waals surface area contributed by atoms with Crippen LogP contribution in [0.25, 0.3) is 0 Å². The lowest BCUT2D eigenvalue weighted by Gasteiger charge is -1.98. The second-order valence-electron chi connectivity index (χ2n) is 2.63.